The number of amides is 1. The van der Waals surface area contributed by atoms with Crippen LogP contribution in [0.4, 0.5) is 0 Å². The van der Waals surface area contributed by atoms with Crippen molar-refractivity contribution >= 4 is 28.3 Å². The van der Waals surface area contributed by atoms with Crippen LogP contribution >= 0.6 is 11.3 Å². The lowest BCUT2D eigenvalue weighted by Gasteiger charge is -2.34. The Labute approximate surface area is 197 Å². The van der Waals surface area contributed by atoms with Crippen LogP contribution in [0.15, 0.2) is 54.0 Å². The minimum atomic E-state index is 0.0868. The second-order valence-corrected chi connectivity index (χ2v) is 9.23. The molecule has 0 aliphatic carbocycles. The molecule has 0 bridgehead atoms. The number of hydrogen-bond donors (Lipinski definition) is 0. The van der Waals surface area contributed by atoms with Crippen molar-refractivity contribution in [2.75, 3.05) is 33.3 Å². The molecule has 33 heavy (non-hydrogen) atoms. The van der Waals surface area contributed by atoms with Crippen LogP contribution in [0.2, 0.25) is 0 Å². The first-order valence-corrected chi connectivity index (χ1v) is 12.0. The topological polar surface area (TPSA) is 63.5 Å². The van der Waals surface area contributed by atoms with E-state index in [2.05, 4.69) is 38.6 Å². The summed E-state index contributed by atoms with van der Waals surface area (Å²) in [7, 11) is 1.69. The van der Waals surface area contributed by atoms with Crippen LogP contribution in [0.25, 0.3) is 21.5 Å². The number of rotatable bonds is 6. The second-order valence-electron chi connectivity index (χ2n) is 8.29. The Morgan fingerprint density at radius 3 is 2.73 bits per heavy atom. The predicted molar refractivity (Wildman–Crippen MR) is 130 cm³/mol. The van der Waals surface area contributed by atoms with Crippen molar-refractivity contribution in [3.05, 3.63) is 65.3 Å². The third kappa shape index (κ3) is 4.49. The third-order valence-corrected chi connectivity index (χ3v) is 7.05. The van der Waals surface area contributed by atoms with Gasteiger partial charge in [0.25, 0.3) is 0 Å². The predicted octanol–water partition coefficient (Wildman–Crippen LogP) is 3.82. The first-order valence-electron chi connectivity index (χ1n) is 11.1. The van der Waals surface area contributed by atoms with Gasteiger partial charge in [0.05, 0.1) is 18.2 Å². The molecule has 4 heterocycles. The maximum atomic E-state index is 13.1. The molecule has 0 N–H and O–H groups in total. The SMILES string of the molecule is COc1cccc(CN2CCN(C(=O)Cn3nc(C)c4c(-c5cccs5)ccnc43)CC2)c1. The van der Waals surface area contributed by atoms with Crippen LogP contribution in [0.1, 0.15) is 11.3 Å². The zero-order valence-electron chi connectivity index (χ0n) is 18.9. The fourth-order valence-electron chi connectivity index (χ4n) is 4.44. The summed E-state index contributed by atoms with van der Waals surface area (Å²) in [6.07, 6.45) is 1.80. The Morgan fingerprint density at radius 2 is 1.97 bits per heavy atom. The van der Waals surface area contributed by atoms with Gasteiger partial charge in [0.2, 0.25) is 5.91 Å². The molecule has 1 aliphatic heterocycles. The van der Waals surface area contributed by atoms with E-state index in [0.29, 0.717) is 0 Å². The van der Waals surface area contributed by atoms with E-state index in [9.17, 15) is 4.79 Å². The highest BCUT2D eigenvalue weighted by Crippen LogP contribution is 2.32. The molecule has 0 atom stereocenters. The van der Waals surface area contributed by atoms with E-state index in [1.807, 2.05) is 36.1 Å². The summed E-state index contributed by atoms with van der Waals surface area (Å²) in [6.45, 7) is 6.19. The molecule has 1 aliphatic rings. The van der Waals surface area contributed by atoms with E-state index in [1.165, 1.54) is 10.4 Å². The molecule has 170 valence electrons. The summed E-state index contributed by atoms with van der Waals surface area (Å²) in [5, 5.41) is 7.76. The van der Waals surface area contributed by atoms with Gasteiger partial charge in [-0.2, -0.15) is 5.10 Å². The highest BCUT2D eigenvalue weighted by molar-refractivity contribution is 7.13. The number of aromatic nitrogens is 3. The maximum absolute atomic E-state index is 13.1. The van der Waals surface area contributed by atoms with E-state index < -0.39 is 0 Å². The van der Waals surface area contributed by atoms with Gasteiger partial charge >= 0.3 is 0 Å². The molecule has 0 saturated carbocycles. The summed E-state index contributed by atoms with van der Waals surface area (Å²) in [5.41, 5.74) is 4.01. The van der Waals surface area contributed by atoms with Crippen LogP contribution in [0, 0.1) is 6.92 Å². The number of ether oxygens (including phenoxy) is 1. The van der Waals surface area contributed by atoms with E-state index >= 15 is 0 Å². The van der Waals surface area contributed by atoms with E-state index in [1.54, 1.807) is 29.3 Å². The average molecular weight is 462 g/mol. The van der Waals surface area contributed by atoms with Crippen LogP contribution in [-0.2, 0) is 17.9 Å². The Hall–Kier alpha value is -3.23. The Kier molecular flexibility index (Phi) is 6.11. The maximum Gasteiger partial charge on any atom is 0.244 e. The number of carbonyl (C=O) groups excluding carboxylic acids is 1. The van der Waals surface area contributed by atoms with Gasteiger partial charge < -0.3 is 9.64 Å². The summed E-state index contributed by atoms with van der Waals surface area (Å²) in [4.78, 5) is 23.1. The van der Waals surface area contributed by atoms with Crippen molar-refractivity contribution in [2.45, 2.75) is 20.0 Å². The fourth-order valence-corrected chi connectivity index (χ4v) is 5.20. The van der Waals surface area contributed by atoms with Gasteiger partial charge in [-0.05, 0) is 42.1 Å². The lowest BCUT2D eigenvalue weighted by Crippen LogP contribution is -2.49. The summed E-state index contributed by atoms with van der Waals surface area (Å²) >= 11 is 1.70. The number of benzene rings is 1. The van der Waals surface area contributed by atoms with Gasteiger partial charge in [-0.25, -0.2) is 9.67 Å². The largest absolute Gasteiger partial charge is 0.497 e. The Bertz CT molecular complexity index is 1260. The molecule has 1 saturated heterocycles. The number of aryl methyl sites for hydroxylation is 1. The molecule has 1 amide bonds. The number of carbonyl (C=O) groups is 1. The van der Waals surface area contributed by atoms with Crippen LogP contribution in [0.3, 0.4) is 0 Å². The zero-order chi connectivity index (χ0) is 22.8. The minimum absolute atomic E-state index is 0.0868. The molecule has 0 radical (unpaired) electrons. The third-order valence-electron chi connectivity index (χ3n) is 6.14. The molecule has 3 aromatic heterocycles. The monoisotopic (exact) mass is 461 g/mol. The van der Waals surface area contributed by atoms with Crippen molar-refractivity contribution in [3.63, 3.8) is 0 Å². The zero-order valence-corrected chi connectivity index (χ0v) is 19.7. The van der Waals surface area contributed by atoms with Crippen LogP contribution in [0.5, 0.6) is 5.75 Å². The molecule has 8 heteroatoms. The molecule has 0 unspecified atom stereocenters. The first kappa shape index (κ1) is 21.6. The average Bonchev–Trinajstić information content (AvgIpc) is 3.48. The van der Waals surface area contributed by atoms with Crippen LogP contribution in [-0.4, -0.2) is 63.8 Å². The van der Waals surface area contributed by atoms with Gasteiger partial charge in [-0.3, -0.25) is 9.69 Å². The van der Waals surface area contributed by atoms with Gasteiger partial charge in [0.15, 0.2) is 5.65 Å². The number of piperazine rings is 1. The van der Waals surface area contributed by atoms with Gasteiger partial charge in [0.1, 0.15) is 12.3 Å². The Balaban J connectivity index is 1.25. The summed E-state index contributed by atoms with van der Waals surface area (Å²) in [5.74, 6) is 0.961. The molecular weight excluding hydrogens is 434 g/mol. The molecule has 5 rings (SSSR count). The lowest BCUT2D eigenvalue weighted by molar-refractivity contribution is -0.133. The number of thiophene rings is 1. The number of fused-ring (bicyclic) bond motifs is 1. The number of nitrogens with zero attached hydrogens (tertiary/aromatic N) is 5. The Morgan fingerprint density at radius 1 is 1.12 bits per heavy atom. The number of hydrogen-bond acceptors (Lipinski definition) is 6. The van der Waals surface area contributed by atoms with Gasteiger partial charge in [-0.15, -0.1) is 11.3 Å². The summed E-state index contributed by atoms with van der Waals surface area (Å²) in [6, 6.07) is 14.3. The van der Waals surface area contributed by atoms with Crippen molar-refractivity contribution in [1.82, 2.24) is 24.6 Å². The molecule has 4 aromatic rings. The van der Waals surface area contributed by atoms with Gasteiger partial charge in [0, 0.05) is 49.4 Å². The van der Waals surface area contributed by atoms with E-state index in [4.69, 9.17) is 4.74 Å². The molecule has 1 fully saturated rings. The van der Waals surface area contributed by atoms with Crippen molar-refractivity contribution in [2.24, 2.45) is 0 Å². The van der Waals surface area contributed by atoms with Crippen molar-refractivity contribution in [3.8, 4) is 16.2 Å². The molecular formula is C25H27N5O2S. The lowest BCUT2D eigenvalue weighted by atomic mass is 10.1. The van der Waals surface area contributed by atoms with Gasteiger partial charge in [-0.1, -0.05) is 18.2 Å². The van der Waals surface area contributed by atoms with E-state index in [-0.39, 0.29) is 12.5 Å². The van der Waals surface area contributed by atoms with Crippen molar-refractivity contribution in [1.29, 1.82) is 0 Å². The number of pyridine rings is 1. The standard InChI is InChI=1S/C25H27N5O2S/c1-18-24-21(22-7-4-14-33-22)8-9-26-25(24)30(27-18)17-23(31)29-12-10-28(11-13-29)16-19-5-3-6-20(15-19)32-2/h3-9,14-15H,10-13,16-17H2,1-2H3. The molecule has 0 spiro atoms. The number of methoxy groups -OCH3 is 1. The normalized spacial score (nSPS) is 14.7. The quantitative estimate of drug-likeness (QED) is 0.437. The van der Waals surface area contributed by atoms with E-state index in [0.717, 1.165) is 60.8 Å². The highest BCUT2D eigenvalue weighted by atomic mass is 32.1. The summed E-state index contributed by atoms with van der Waals surface area (Å²) < 4.78 is 7.08. The minimum Gasteiger partial charge on any atom is -0.497 e. The smallest absolute Gasteiger partial charge is 0.244 e. The fraction of sp³-hybridized carbons (Fsp3) is 0.320. The van der Waals surface area contributed by atoms with Crippen molar-refractivity contribution < 1.29 is 9.53 Å². The van der Waals surface area contributed by atoms with Crippen LogP contribution < -0.4 is 4.74 Å². The highest BCUT2D eigenvalue weighted by Gasteiger charge is 2.23. The molecule has 1 aromatic carbocycles. The second kappa shape index (κ2) is 9.33. The first-order chi connectivity index (χ1) is 16.1. The molecule has 7 nitrogen and oxygen atoms in total.